The lowest BCUT2D eigenvalue weighted by Crippen LogP contribution is -2.33. The van der Waals surface area contributed by atoms with Crippen molar-refractivity contribution < 1.29 is 4.79 Å². The standard InChI is InChI=1S/C20H20ClN3OS/c21-16-10-7-15(8-11-16)9-12-19(25)23-20(26)22-17-5-1-2-6-18(17)24-13-3-4-14-24/h1-2,5-12H,3-4,13-14H2,(H2,22,23,25,26)/b12-9+. The molecule has 134 valence electrons. The summed E-state index contributed by atoms with van der Waals surface area (Å²) in [4.78, 5) is 14.4. The van der Waals surface area contributed by atoms with Crippen molar-refractivity contribution in [2.45, 2.75) is 12.8 Å². The number of rotatable bonds is 4. The highest BCUT2D eigenvalue weighted by Gasteiger charge is 2.16. The first-order valence-corrected chi connectivity index (χ1v) is 9.30. The van der Waals surface area contributed by atoms with Gasteiger partial charge in [0.25, 0.3) is 0 Å². The summed E-state index contributed by atoms with van der Waals surface area (Å²) >= 11 is 11.1. The fraction of sp³-hybridized carbons (Fsp3) is 0.200. The fourth-order valence-corrected chi connectivity index (χ4v) is 3.20. The normalized spacial score (nSPS) is 13.8. The number of carbonyl (C=O) groups excluding carboxylic acids is 1. The number of anilines is 2. The Morgan fingerprint density at radius 1 is 1.08 bits per heavy atom. The molecule has 4 nitrogen and oxygen atoms in total. The first-order valence-electron chi connectivity index (χ1n) is 8.51. The number of para-hydroxylation sites is 2. The minimum absolute atomic E-state index is 0.280. The van der Waals surface area contributed by atoms with E-state index in [9.17, 15) is 4.79 Å². The molecule has 0 saturated carbocycles. The van der Waals surface area contributed by atoms with Gasteiger partial charge in [-0.05, 0) is 61.0 Å². The van der Waals surface area contributed by atoms with E-state index >= 15 is 0 Å². The average Bonchev–Trinajstić information content (AvgIpc) is 3.16. The highest BCUT2D eigenvalue weighted by atomic mass is 35.5. The second-order valence-corrected chi connectivity index (χ2v) is 6.88. The number of amides is 1. The Balaban J connectivity index is 1.58. The summed E-state index contributed by atoms with van der Waals surface area (Å²) in [6.07, 6.45) is 5.56. The van der Waals surface area contributed by atoms with Crippen LogP contribution in [0.15, 0.2) is 54.6 Å². The summed E-state index contributed by atoms with van der Waals surface area (Å²) in [5.41, 5.74) is 2.91. The van der Waals surface area contributed by atoms with Crippen LogP contribution in [-0.2, 0) is 4.79 Å². The predicted octanol–water partition coefficient (Wildman–Crippen LogP) is 4.47. The summed E-state index contributed by atoms with van der Waals surface area (Å²) < 4.78 is 0. The highest BCUT2D eigenvalue weighted by Crippen LogP contribution is 2.28. The predicted molar refractivity (Wildman–Crippen MR) is 113 cm³/mol. The molecule has 2 aromatic rings. The Bertz CT molecular complexity index is 814. The number of benzene rings is 2. The number of nitrogens with zero attached hydrogens (tertiary/aromatic N) is 1. The van der Waals surface area contributed by atoms with E-state index in [1.165, 1.54) is 18.9 Å². The molecule has 26 heavy (non-hydrogen) atoms. The molecule has 1 saturated heterocycles. The quantitative estimate of drug-likeness (QED) is 0.602. The van der Waals surface area contributed by atoms with E-state index in [1.807, 2.05) is 30.3 Å². The van der Waals surface area contributed by atoms with Crippen LogP contribution in [0.1, 0.15) is 18.4 Å². The lowest BCUT2D eigenvalue weighted by Gasteiger charge is -2.22. The molecule has 1 aliphatic rings. The summed E-state index contributed by atoms with van der Waals surface area (Å²) in [7, 11) is 0. The van der Waals surface area contributed by atoms with Gasteiger partial charge < -0.3 is 10.2 Å². The number of hydrogen-bond acceptors (Lipinski definition) is 3. The van der Waals surface area contributed by atoms with Crippen molar-refractivity contribution in [3.8, 4) is 0 Å². The molecule has 2 aromatic carbocycles. The first kappa shape index (κ1) is 18.4. The zero-order valence-corrected chi connectivity index (χ0v) is 15.8. The Morgan fingerprint density at radius 3 is 2.50 bits per heavy atom. The molecule has 1 amide bonds. The molecule has 0 atom stereocenters. The van der Waals surface area contributed by atoms with Gasteiger partial charge in [0.1, 0.15) is 0 Å². The monoisotopic (exact) mass is 385 g/mol. The van der Waals surface area contributed by atoms with Gasteiger partial charge in [-0.3, -0.25) is 10.1 Å². The molecule has 0 spiro atoms. The molecule has 1 fully saturated rings. The van der Waals surface area contributed by atoms with Gasteiger partial charge in [0.2, 0.25) is 5.91 Å². The average molecular weight is 386 g/mol. The number of halogens is 1. The van der Waals surface area contributed by atoms with Crippen molar-refractivity contribution in [2.24, 2.45) is 0 Å². The lowest BCUT2D eigenvalue weighted by molar-refractivity contribution is -0.115. The maximum atomic E-state index is 12.1. The minimum Gasteiger partial charge on any atom is -0.370 e. The smallest absolute Gasteiger partial charge is 0.250 e. The molecule has 1 heterocycles. The second-order valence-electron chi connectivity index (χ2n) is 6.04. The molecule has 2 N–H and O–H groups in total. The maximum absolute atomic E-state index is 12.1. The van der Waals surface area contributed by atoms with E-state index in [0.29, 0.717) is 5.02 Å². The van der Waals surface area contributed by atoms with Crippen molar-refractivity contribution in [1.29, 1.82) is 0 Å². The van der Waals surface area contributed by atoms with Crippen molar-refractivity contribution in [2.75, 3.05) is 23.3 Å². The Kier molecular flexibility index (Phi) is 6.26. The number of nitrogens with one attached hydrogen (secondary N) is 2. The van der Waals surface area contributed by atoms with E-state index in [1.54, 1.807) is 18.2 Å². The van der Waals surface area contributed by atoms with Gasteiger partial charge in [-0.15, -0.1) is 0 Å². The zero-order valence-electron chi connectivity index (χ0n) is 14.2. The number of thiocarbonyl (C=S) groups is 1. The van der Waals surface area contributed by atoms with Gasteiger partial charge in [0.15, 0.2) is 5.11 Å². The first-order chi connectivity index (χ1) is 12.6. The fourth-order valence-electron chi connectivity index (χ4n) is 2.87. The van der Waals surface area contributed by atoms with Crippen molar-refractivity contribution in [3.05, 3.63) is 65.2 Å². The van der Waals surface area contributed by atoms with Crippen molar-refractivity contribution in [3.63, 3.8) is 0 Å². The summed E-state index contributed by atoms with van der Waals surface area (Å²) in [5.74, 6) is -0.281. The second kappa shape index (κ2) is 8.83. The van der Waals surface area contributed by atoms with E-state index in [2.05, 4.69) is 21.6 Å². The van der Waals surface area contributed by atoms with Crippen LogP contribution in [0.2, 0.25) is 5.02 Å². The van der Waals surface area contributed by atoms with Gasteiger partial charge >= 0.3 is 0 Å². The molecule has 3 rings (SSSR count). The third-order valence-corrected chi connectivity index (χ3v) is 4.59. The third-order valence-electron chi connectivity index (χ3n) is 4.13. The van der Waals surface area contributed by atoms with E-state index in [0.717, 1.165) is 30.0 Å². The van der Waals surface area contributed by atoms with Crippen LogP contribution >= 0.6 is 23.8 Å². The van der Waals surface area contributed by atoms with Crippen LogP contribution in [-0.4, -0.2) is 24.1 Å². The number of hydrogen-bond donors (Lipinski definition) is 2. The summed E-state index contributed by atoms with van der Waals surface area (Å²) in [5, 5.41) is 6.75. The SMILES string of the molecule is O=C(/C=C/c1ccc(Cl)cc1)NC(=S)Nc1ccccc1N1CCCC1. The minimum atomic E-state index is -0.281. The topological polar surface area (TPSA) is 44.4 Å². The van der Waals surface area contributed by atoms with Gasteiger partial charge in [0, 0.05) is 24.2 Å². The van der Waals surface area contributed by atoms with Crippen LogP contribution < -0.4 is 15.5 Å². The highest BCUT2D eigenvalue weighted by molar-refractivity contribution is 7.80. The maximum Gasteiger partial charge on any atom is 0.250 e. The largest absolute Gasteiger partial charge is 0.370 e. The van der Waals surface area contributed by atoms with Crippen molar-refractivity contribution >= 4 is 52.3 Å². The molecule has 0 radical (unpaired) electrons. The Hall–Kier alpha value is -2.37. The van der Waals surface area contributed by atoms with Crippen LogP contribution in [0.4, 0.5) is 11.4 Å². The van der Waals surface area contributed by atoms with Gasteiger partial charge in [0.05, 0.1) is 11.4 Å². The third kappa shape index (κ3) is 5.07. The Morgan fingerprint density at radius 2 is 1.77 bits per heavy atom. The molecule has 0 aliphatic carbocycles. The van der Waals surface area contributed by atoms with Crippen LogP contribution in [0.25, 0.3) is 6.08 Å². The molecule has 6 heteroatoms. The van der Waals surface area contributed by atoms with E-state index < -0.39 is 0 Å². The van der Waals surface area contributed by atoms with Crippen molar-refractivity contribution in [1.82, 2.24) is 5.32 Å². The van der Waals surface area contributed by atoms with Gasteiger partial charge in [-0.25, -0.2) is 0 Å². The lowest BCUT2D eigenvalue weighted by atomic mass is 10.2. The summed E-state index contributed by atoms with van der Waals surface area (Å²) in [6, 6.07) is 15.2. The van der Waals surface area contributed by atoms with Gasteiger partial charge in [-0.1, -0.05) is 35.9 Å². The van der Waals surface area contributed by atoms with Crippen LogP contribution in [0.5, 0.6) is 0 Å². The molecular weight excluding hydrogens is 366 g/mol. The number of carbonyl (C=O) groups is 1. The summed E-state index contributed by atoms with van der Waals surface area (Å²) in [6.45, 7) is 2.09. The molecule has 1 aliphatic heterocycles. The van der Waals surface area contributed by atoms with Crippen LogP contribution in [0, 0.1) is 0 Å². The van der Waals surface area contributed by atoms with Crippen LogP contribution in [0.3, 0.4) is 0 Å². The van der Waals surface area contributed by atoms with E-state index in [-0.39, 0.29) is 11.0 Å². The molecule has 0 unspecified atom stereocenters. The molecular formula is C20H20ClN3OS. The molecule has 0 aromatic heterocycles. The van der Waals surface area contributed by atoms with E-state index in [4.69, 9.17) is 23.8 Å². The molecule has 0 bridgehead atoms. The zero-order chi connectivity index (χ0) is 18.4. The van der Waals surface area contributed by atoms with Gasteiger partial charge in [-0.2, -0.15) is 0 Å². The Labute approximate surface area is 163 Å².